The summed E-state index contributed by atoms with van der Waals surface area (Å²) in [7, 11) is 0. The first-order valence-corrected chi connectivity index (χ1v) is 17.4. The molecule has 0 saturated carbocycles. The zero-order chi connectivity index (χ0) is 33.5. The predicted molar refractivity (Wildman–Crippen MR) is 212 cm³/mol. The monoisotopic (exact) mass is 650 g/mol. The Labute approximate surface area is 294 Å². The Morgan fingerprint density at radius 3 is 1.59 bits per heavy atom. The Kier molecular flexibility index (Phi) is 5.96. The number of hydrogen-bond acceptors (Lipinski definition) is 1. The fourth-order valence-electron chi connectivity index (χ4n) is 8.14. The molecule has 11 rings (SSSR count). The van der Waals surface area contributed by atoms with E-state index < -0.39 is 0 Å². The molecule has 8 aromatic carbocycles. The molecule has 3 heterocycles. The molecule has 3 heteroatoms. The fraction of sp³-hybridized carbons (Fsp3) is 0. The molecule has 0 aliphatic carbocycles. The maximum absolute atomic E-state index is 6.63. The van der Waals surface area contributed by atoms with Crippen molar-refractivity contribution in [1.82, 2.24) is 9.13 Å². The minimum absolute atomic E-state index is 0.859. The van der Waals surface area contributed by atoms with Gasteiger partial charge in [-0.1, -0.05) is 121 Å². The van der Waals surface area contributed by atoms with E-state index in [1.165, 1.54) is 60.3 Å². The molecule has 0 N–H and O–H groups in total. The van der Waals surface area contributed by atoms with Crippen LogP contribution >= 0.6 is 0 Å². The smallest absolute Gasteiger partial charge is 0.152 e. The lowest BCUT2D eigenvalue weighted by atomic mass is 10.0. The quantitative estimate of drug-likeness (QED) is 0.185. The number of hydrogen-bond donors (Lipinski definition) is 0. The number of nitrogens with zero attached hydrogens (tertiary/aromatic N) is 2. The number of para-hydroxylation sites is 2. The van der Waals surface area contributed by atoms with Gasteiger partial charge in [-0.15, -0.1) is 0 Å². The Bertz CT molecular complexity index is 2890. The molecule has 0 fully saturated rings. The topological polar surface area (TPSA) is 19.1 Å². The second kappa shape index (κ2) is 10.8. The third kappa shape index (κ3) is 4.25. The third-order valence-corrected chi connectivity index (χ3v) is 10.5. The van der Waals surface area contributed by atoms with Gasteiger partial charge in [0.25, 0.3) is 0 Å². The van der Waals surface area contributed by atoms with E-state index in [0.717, 1.165) is 39.5 Å². The van der Waals surface area contributed by atoms with Crippen molar-refractivity contribution in [2.75, 3.05) is 0 Å². The first kappa shape index (κ1) is 28.0. The van der Waals surface area contributed by atoms with Crippen LogP contribution in [0.1, 0.15) is 0 Å². The fourth-order valence-corrected chi connectivity index (χ4v) is 8.14. The lowest BCUT2D eigenvalue weighted by Gasteiger charge is -2.22. The Hall–Kier alpha value is -6.84. The largest absolute Gasteiger partial charge is 0.453 e. The summed E-state index contributed by atoms with van der Waals surface area (Å²) in [6, 6.07) is 65.5. The minimum Gasteiger partial charge on any atom is -0.453 e. The van der Waals surface area contributed by atoms with Gasteiger partial charge in [-0.05, 0) is 94.0 Å². The van der Waals surface area contributed by atoms with Crippen LogP contribution in [0, 0.1) is 0 Å². The lowest BCUT2D eigenvalue weighted by molar-refractivity contribution is 0.476. The molecule has 3 nitrogen and oxygen atoms in total. The van der Waals surface area contributed by atoms with Gasteiger partial charge in [0.15, 0.2) is 11.5 Å². The Balaban J connectivity index is 1.07. The average molecular weight is 651 g/mol. The molecule has 238 valence electrons. The number of rotatable bonds is 4. The lowest BCUT2D eigenvalue weighted by Crippen LogP contribution is -2.04. The maximum Gasteiger partial charge on any atom is 0.152 e. The average Bonchev–Trinajstić information content (AvgIpc) is 3.72. The van der Waals surface area contributed by atoms with Gasteiger partial charge in [-0.3, -0.25) is 0 Å². The van der Waals surface area contributed by atoms with E-state index >= 15 is 0 Å². The van der Waals surface area contributed by atoms with E-state index in [2.05, 4.69) is 191 Å². The number of ether oxygens (including phenoxy) is 1. The summed E-state index contributed by atoms with van der Waals surface area (Å²) < 4.78 is 11.4. The minimum atomic E-state index is 0.859. The molecule has 10 aromatic rings. The summed E-state index contributed by atoms with van der Waals surface area (Å²) >= 11 is 0. The van der Waals surface area contributed by atoms with Crippen LogP contribution < -0.4 is 4.74 Å². The van der Waals surface area contributed by atoms with E-state index in [0.29, 0.717) is 0 Å². The number of benzene rings is 8. The van der Waals surface area contributed by atoms with Crippen molar-refractivity contribution in [1.29, 1.82) is 0 Å². The maximum atomic E-state index is 6.63. The number of fused-ring (bicyclic) bond motifs is 8. The number of aromatic nitrogens is 2. The summed E-state index contributed by atoms with van der Waals surface area (Å²) in [5.41, 5.74) is 14.0. The van der Waals surface area contributed by atoms with Gasteiger partial charge in [-0.25, -0.2) is 0 Å². The van der Waals surface area contributed by atoms with Gasteiger partial charge in [-0.2, -0.15) is 0 Å². The molecule has 0 unspecified atom stereocenters. The highest BCUT2D eigenvalue weighted by atomic mass is 16.5. The van der Waals surface area contributed by atoms with Crippen LogP contribution in [0.2, 0.25) is 0 Å². The van der Waals surface area contributed by atoms with E-state index in [1.807, 2.05) is 0 Å². The molecule has 51 heavy (non-hydrogen) atoms. The van der Waals surface area contributed by atoms with Crippen molar-refractivity contribution in [2.45, 2.75) is 0 Å². The van der Waals surface area contributed by atoms with Crippen molar-refractivity contribution in [3.63, 3.8) is 0 Å². The molecule has 1 aliphatic rings. The van der Waals surface area contributed by atoms with Crippen LogP contribution in [-0.2, 0) is 0 Å². The highest BCUT2D eigenvalue weighted by Crippen LogP contribution is 2.46. The summed E-state index contributed by atoms with van der Waals surface area (Å²) in [6.07, 6.45) is 0. The van der Waals surface area contributed by atoms with Crippen LogP contribution in [0.25, 0.3) is 88.4 Å². The SMILES string of the molecule is c1ccc(-c2ccc3c(c2)c2cc(-c4ccccc4)ccc2n3-c2cccc(-c3ccc4c(c3)Oc3cccc5c6ccccc6n-4c35)c2)cc1. The van der Waals surface area contributed by atoms with Gasteiger partial charge >= 0.3 is 0 Å². The Morgan fingerprint density at radius 1 is 0.314 bits per heavy atom. The van der Waals surface area contributed by atoms with E-state index in [-0.39, 0.29) is 0 Å². The standard InChI is InChI=1S/C48H30N2O/c1-3-11-31(12-4-1)34-21-24-43-40(28-34)41-29-35(32-13-5-2-6-14-32)22-25-44(41)49(43)37-16-9-15-33(27-37)36-23-26-45-47(30-36)51-46-20-10-18-39-38-17-7-8-19-42(38)50(45)48(39)46/h1-30H. The van der Waals surface area contributed by atoms with Crippen LogP contribution in [0.5, 0.6) is 11.5 Å². The molecular formula is C48H30N2O. The molecule has 0 amide bonds. The molecular weight excluding hydrogens is 621 g/mol. The van der Waals surface area contributed by atoms with Crippen molar-refractivity contribution in [3.8, 4) is 56.3 Å². The van der Waals surface area contributed by atoms with Crippen LogP contribution in [0.3, 0.4) is 0 Å². The molecule has 0 spiro atoms. The zero-order valence-electron chi connectivity index (χ0n) is 27.6. The molecule has 0 atom stereocenters. The molecule has 0 radical (unpaired) electrons. The van der Waals surface area contributed by atoms with Crippen LogP contribution in [-0.4, -0.2) is 9.13 Å². The van der Waals surface area contributed by atoms with Crippen LogP contribution in [0.15, 0.2) is 182 Å². The van der Waals surface area contributed by atoms with Gasteiger partial charge in [0, 0.05) is 27.2 Å². The van der Waals surface area contributed by atoms with Gasteiger partial charge < -0.3 is 13.9 Å². The van der Waals surface area contributed by atoms with E-state index in [4.69, 9.17) is 4.74 Å². The second-order valence-electron chi connectivity index (χ2n) is 13.4. The van der Waals surface area contributed by atoms with Gasteiger partial charge in [0.1, 0.15) is 0 Å². The Morgan fingerprint density at radius 2 is 0.863 bits per heavy atom. The van der Waals surface area contributed by atoms with Crippen LogP contribution in [0.4, 0.5) is 0 Å². The zero-order valence-corrected chi connectivity index (χ0v) is 27.6. The summed E-state index contributed by atoms with van der Waals surface area (Å²) in [5.74, 6) is 1.75. The van der Waals surface area contributed by atoms with Gasteiger partial charge in [0.05, 0.1) is 27.8 Å². The highest BCUT2D eigenvalue weighted by molar-refractivity contribution is 6.13. The normalized spacial score (nSPS) is 12.1. The first-order chi connectivity index (χ1) is 25.3. The van der Waals surface area contributed by atoms with Crippen molar-refractivity contribution >= 4 is 43.6 Å². The van der Waals surface area contributed by atoms with Crippen molar-refractivity contribution < 1.29 is 4.74 Å². The second-order valence-corrected chi connectivity index (χ2v) is 13.4. The molecule has 1 aliphatic heterocycles. The van der Waals surface area contributed by atoms with Gasteiger partial charge in [0.2, 0.25) is 0 Å². The van der Waals surface area contributed by atoms with Crippen molar-refractivity contribution in [3.05, 3.63) is 182 Å². The van der Waals surface area contributed by atoms with E-state index in [9.17, 15) is 0 Å². The molecule has 0 saturated heterocycles. The predicted octanol–water partition coefficient (Wildman–Crippen LogP) is 13.0. The highest BCUT2D eigenvalue weighted by Gasteiger charge is 2.24. The third-order valence-electron chi connectivity index (χ3n) is 10.5. The summed E-state index contributed by atoms with van der Waals surface area (Å²) in [5, 5.41) is 4.92. The molecule has 0 bridgehead atoms. The summed E-state index contributed by atoms with van der Waals surface area (Å²) in [4.78, 5) is 0. The van der Waals surface area contributed by atoms with E-state index in [1.54, 1.807) is 0 Å². The first-order valence-electron chi connectivity index (χ1n) is 17.4. The summed E-state index contributed by atoms with van der Waals surface area (Å²) in [6.45, 7) is 0. The van der Waals surface area contributed by atoms with Crippen molar-refractivity contribution in [2.24, 2.45) is 0 Å². The molecule has 2 aromatic heterocycles.